The Labute approximate surface area is 653 Å². The Hall–Kier alpha value is -11.1. The second-order valence-electron chi connectivity index (χ2n) is 26.1. The number of aliphatic imine (C=N–C) groups is 3. The highest BCUT2D eigenvalue weighted by Gasteiger charge is 2.39. The molecule has 620 valence electrons. The van der Waals surface area contributed by atoms with Gasteiger partial charge in [0.2, 0.25) is 76.8 Å². The number of hydrogen-bond acceptors (Lipinski definition) is 23. The van der Waals surface area contributed by atoms with Gasteiger partial charge < -0.3 is 130 Å². The molecule has 0 radical (unpaired) electrons. The van der Waals surface area contributed by atoms with Crippen molar-refractivity contribution in [2.45, 2.75) is 171 Å². The van der Waals surface area contributed by atoms with Gasteiger partial charge in [-0.15, -0.1) is 0 Å². The number of nitrogens with one attached hydrogen (secondary N) is 13. The summed E-state index contributed by atoms with van der Waals surface area (Å²) in [7, 11) is 1.50. The summed E-state index contributed by atoms with van der Waals surface area (Å²) in [5, 5.41) is 72.4. The van der Waals surface area contributed by atoms with Gasteiger partial charge in [0, 0.05) is 44.0 Å². The number of carbonyl (C=O) groups is 15. The number of carboxylic acid groups (broad SMARTS) is 2. The average Bonchev–Trinajstić information content (AvgIpc) is 0.834. The van der Waals surface area contributed by atoms with Crippen LogP contribution in [0.4, 0.5) is 0 Å². The Morgan fingerprint density at radius 1 is 0.482 bits per heavy atom. The van der Waals surface area contributed by atoms with Crippen LogP contribution in [0.2, 0.25) is 0 Å². The number of carbonyl (C=O) groups excluding carboxylic acids is 13. The number of benzene rings is 2. The van der Waals surface area contributed by atoms with Crippen molar-refractivity contribution in [2.24, 2.45) is 66.9 Å². The molecule has 44 heteroatoms. The number of nitrogens with two attached hydrogens (primary N) is 7. The maximum atomic E-state index is 14.9. The van der Waals surface area contributed by atoms with Gasteiger partial charge in [-0.3, -0.25) is 82.1 Å². The molecule has 2 aromatic carbocycles. The third-order valence-corrected chi connectivity index (χ3v) is 19.6. The summed E-state index contributed by atoms with van der Waals surface area (Å²) < 4.78 is 0. The highest BCUT2D eigenvalue weighted by Crippen LogP contribution is 2.24. The first-order valence-electron chi connectivity index (χ1n) is 35.9. The van der Waals surface area contributed by atoms with Gasteiger partial charge in [-0.2, -0.15) is 0 Å². The zero-order chi connectivity index (χ0) is 83.6. The summed E-state index contributed by atoms with van der Waals surface area (Å²) in [6.07, 6.45) is -2.08. The first-order chi connectivity index (χ1) is 53.1. The number of aliphatic hydroxyl groups is 2. The number of nitrogens with zero attached hydrogens (tertiary/aromatic N) is 3. The molecular formula is C68H107N23O19S2. The SMILES string of the molecule is CC[C@H](C)[C@@H]1NC(=O)[C@@H](CCCN=C(N)N)NC(=O)CNC(=O)CNC(=O)[C@@H](Cc2ccccc2)NC(=O)[C@H](NC(=O)[C@@H](CO)NC(=O)[C@H](N)CO)CSSC[C@H](C(=O)O)NC(=O)[C@@H](CCCN=C(N)N)NC(=O)[C@H](Cc2ccccc2)NC(=O)[C@@H]([C@@H](C)CC)NC(=O)[C@H](CCCN=C(N)N)NC(=O)[C@@H](CC(=O)O)NC1=O. The van der Waals surface area contributed by atoms with Crippen LogP contribution in [0.25, 0.3) is 0 Å². The van der Waals surface area contributed by atoms with Crippen molar-refractivity contribution in [3.8, 4) is 0 Å². The van der Waals surface area contributed by atoms with Crippen molar-refractivity contribution in [3.63, 3.8) is 0 Å². The molecule has 2 aromatic rings. The molecule has 3 rings (SSSR count). The van der Waals surface area contributed by atoms with E-state index in [2.05, 4.69) is 84.1 Å². The van der Waals surface area contributed by atoms with Gasteiger partial charge in [0.1, 0.15) is 72.5 Å². The molecule has 112 heavy (non-hydrogen) atoms. The molecule has 0 aromatic heterocycles. The molecule has 0 bridgehead atoms. The van der Waals surface area contributed by atoms with E-state index in [0.29, 0.717) is 11.1 Å². The quantitative estimate of drug-likeness (QED) is 0.0156. The molecule has 0 aliphatic carbocycles. The van der Waals surface area contributed by atoms with E-state index in [4.69, 9.17) is 40.1 Å². The molecule has 0 saturated carbocycles. The highest BCUT2D eigenvalue weighted by molar-refractivity contribution is 8.76. The lowest BCUT2D eigenvalue weighted by atomic mass is 9.96. The summed E-state index contributed by atoms with van der Waals surface area (Å²) in [5.41, 5.74) is 39.9. The number of rotatable bonds is 29. The smallest absolute Gasteiger partial charge is 0.327 e. The van der Waals surface area contributed by atoms with Crippen LogP contribution in [0.5, 0.6) is 0 Å². The Morgan fingerprint density at radius 2 is 0.884 bits per heavy atom. The Balaban J connectivity index is 2.31. The van der Waals surface area contributed by atoms with E-state index in [-0.39, 0.29) is 102 Å². The van der Waals surface area contributed by atoms with Crippen LogP contribution in [0.3, 0.4) is 0 Å². The lowest BCUT2D eigenvalue weighted by molar-refractivity contribution is -0.142. The van der Waals surface area contributed by atoms with Crippen LogP contribution in [0, 0.1) is 11.8 Å². The number of hydrogen-bond donors (Lipinski definition) is 24. The lowest BCUT2D eigenvalue weighted by Gasteiger charge is -2.30. The molecule has 42 nitrogen and oxygen atoms in total. The molecule has 31 N–H and O–H groups in total. The summed E-state index contributed by atoms with van der Waals surface area (Å²) in [6.45, 7) is 2.50. The van der Waals surface area contributed by atoms with E-state index in [1.807, 2.05) is 0 Å². The monoisotopic (exact) mass is 1610 g/mol. The van der Waals surface area contributed by atoms with Crippen LogP contribution in [-0.4, -0.2) is 257 Å². The van der Waals surface area contributed by atoms with Crippen LogP contribution < -0.4 is 109 Å². The minimum Gasteiger partial charge on any atom is -0.481 e. The standard InChI is InChI=1S/C68H107N23O19S2/c1-5-35(3)52-63(107)85-44(27-38-18-11-8-12-19-38)59(103)82-41(21-14-24-77-67(72)73)56(100)89-48(65(109)110)34-112-111-33-47(88-61(105)46(32-93)87-54(98)39(69)31-92)62(106)84-43(26-37-16-9-7-10-17-37)55(99)80-29-49(94)79-30-50(95)81-40(20-13-23-76-66(70)71)57(101)90-53(36(4)6-2)64(108)86-45(28-51(96)97)60(104)83-42(58(102)91-52)22-15-25-78-68(74)75/h7-12,16-19,35-36,39-48,52-53,92-93H,5-6,13-15,20-34,69H2,1-4H3,(H,79,94)(H,80,99)(H,81,95)(H,82,103)(H,83,104)(H,84,106)(H,85,107)(H,86,108)(H,87,98)(H,88,105)(H,89,100)(H,90,101)(H,91,102)(H,96,97)(H,109,110)(H4,70,71,76)(H4,72,73,77)(H4,74,75,78)/t35-,36-,39+,40+,41+,42-,43+,44-,45+,46+,47+,48+,52+,53-/m0/s1. The molecule has 1 aliphatic rings. The third-order valence-electron chi connectivity index (χ3n) is 17.2. The minimum atomic E-state index is -1.99. The highest BCUT2D eigenvalue weighted by atomic mass is 33.1. The fourth-order valence-electron chi connectivity index (χ4n) is 10.5. The van der Waals surface area contributed by atoms with E-state index in [9.17, 15) is 92.3 Å². The van der Waals surface area contributed by atoms with Crippen molar-refractivity contribution in [3.05, 3.63) is 71.8 Å². The van der Waals surface area contributed by atoms with Crippen molar-refractivity contribution < 1.29 is 92.3 Å². The number of aliphatic carboxylic acids is 2. The second-order valence-corrected chi connectivity index (χ2v) is 28.6. The fraction of sp³-hybridized carbons (Fsp3) is 0.559. The van der Waals surface area contributed by atoms with Gasteiger partial charge in [0.15, 0.2) is 17.9 Å². The van der Waals surface area contributed by atoms with Gasteiger partial charge in [0.05, 0.1) is 32.7 Å². The molecule has 0 spiro atoms. The van der Waals surface area contributed by atoms with Crippen LogP contribution >= 0.6 is 21.6 Å². The molecule has 1 fully saturated rings. The van der Waals surface area contributed by atoms with Crippen LogP contribution in [0.15, 0.2) is 75.6 Å². The number of aliphatic hydroxyl groups excluding tert-OH is 2. The first kappa shape index (κ1) is 95.1. The predicted octanol–water partition coefficient (Wildman–Crippen LogP) is -8.44. The number of amides is 13. The van der Waals surface area contributed by atoms with Crippen molar-refractivity contribution in [1.82, 2.24) is 69.1 Å². The van der Waals surface area contributed by atoms with E-state index in [1.54, 1.807) is 81.4 Å². The Bertz CT molecular complexity index is 3600. The maximum absolute atomic E-state index is 14.9. The molecule has 1 aliphatic heterocycles. The fourth-order valence-corrected chi connectivity index (χ4v) is 12.9. The van der Waals surface area contributed by atoms with E-state index < -0.39 is 217 Å². The topological polar surface area (TPSA) is 713 Å². The van der Waals surface area contributed by atoms with Gasteiger partial charge >= 0.3 is 11.9 Å². The summed E-state index contributed by atoms with van der Waals surface area (Å²) in [5.74, 6) is -20.5. The summed E-state index contributed by atoms with van der Waals surface area (Å²) in [4.78, 5) is 222. The van der Waals surface area contributed by atoms with Crippen LogP contribution in [-0.2, 0) is 84.8 Å². The summed E-state index contributed by atoms with van der Waals surface area (Å²) >= 11 is 0. The molecule has 14 atom stereocenters. The molecule has 0 unspecified atom stereocenters. The molecular weight excluding hydrogens is 1510 g/mol. The van der Waals surface area contributed by atoms with Gasteiger partial charge in [-0.05, 0) is 61.5 Å². The molecule has 1 saturated heterocycles. The van der Waals surface area contributed by atoms with Crippen molar-refractivity contribution >= 4 is 128 Å². The number of guanidine groups is 3. The zero-order valence-electron chi connectivity index (χ0n) is 62.6. The maximum Gasteiger partial charge on any atom is 0.327 e. The zero-order valence-corrected chi connectivity index (χ0v) is 64.2. The second kappa shape index (κ2) is 50.6. The summed E-state index contributed by atoms with van der Waals surface area (Å²) in [6, 6.07) is -3.66. The van der Waals surface area contributed by atoms with Crippen molar-refractivity contribution in [1.29, 1.82) is 0 Å². The van der Waals surface area contributed by atoms with Crippen LogP contribution in [0.1, 0.15) is 96.6 Å². The Kier molecular flexibility index (Phi) is 43.0. The van der Waals surface area contributed by atoms with E-state index in [1.165, 1.54) is 6.92 Å². The van der Waals surface area contributed by atoms with Gasteiger partial charge in [0.25, 0.3) is 0 Å². The number of carboxylic acids is 2. The Morgan fingerprint density at radius 3 is 1.32 bits per heavy atom. The normalized spacial score (nSPS) is 22.8. The molecule has 13 amide bonds. The van der Waals surface area contributed by atoms with E-state index in [0.717, 1.165) is 21.6 Å². The largest absolute Gasteiger partial charge is 0.481 e. The van der Waals surface area contributed by atoms with E-state index >= 15 is 0 Å². The van der Waals surface area contributed by atoms with Gasteiger partial charge in [-0.1, -0.05) is 123 Å². The minimum absolute atomic E-state index is 0.0152. The van der Waals surface area contributed by atoms with Gasteiger partial charge in [-0.25, -0.2) is 4.79 Å². The average molecular weight is 1610 g/mol. The third kappa shape index (κ3) is 35.7. The molecule has 1 heterocycles. The van der Waals surface area contributed by atoms with Crippen molar-refractivity contribution in [2.75, 3.05) is 57.4 Å². The first-order valence-corrected chi connectivity index (χ1v) is 38.4. The lowest BCUT2D eigenvalue weighted by Crippen LogP contribution is -2.62. The predicted molar refractivity (Wildman–Crippen MR) is 413 cm³/mol.